The van der Waals surface area contributed by atoms with Crippen molar-refractivity contribution < 1.29 is 54.1 Å². The first-order chi connectivity index (χ1) is 19.6. The Bertz CT molecular complexity index is 1300. The maximum Gasteiger partial charge on any atom is 1.00 e. The quantitative estimate of drug-likeness (QED) is 0.152. The van der Waals surface area contributed by atoms with E-state index in [1.807, 2.05) is 0 Å². The molecule has 0 bridgehead atoms. The van der Waals surface area contributed by atoms with Gasteiger partial charge in [0.15, 0.2) is 11.5 Å². The zero-order chi connectivity index (χ0) is 30.2. The molecule has 3 rings (SSSR count). The van der Waals surface area contributed by atoms with Crippen LogP contribution in [0.2, 0.25) is 10.0 Å². The van der Waals surface area contributed by atoms with Crippen LogP contribution >= 0.6 is 23.2 Å². The van der Waals surface area contributed by atoms with Crippen LogP contribution in [0.1, 0.15) is 50.7 Å². The number of anilines is 2. The second-order valence-electron chi connectivity index (χ2n) is 9.63. The number of amides is 1. The summed E-state index contributed by atoms with van der Waals surface area (Å²) in [5.41, 5.74) is 2.71. The molecule has 0 aromatic heterocycles. The number of carboxylic acid groups (broad SMARTS) is 1. The number of para-hydroxylation sites is 2. The van der Waals surface area contributed by atoms with Gasteiger partial charge in [-0.2, -0.15) is 0 Å². The van der Waals surface area contributed by atoms with Crippen molar-refractivity contribution in [2.75, 3.05) is 12.4 Å². The maximum atomic E-state index is 11.8. The predicted octanol–water partition coefficient (Wildman–Crippen LogP) is 3.82. The standard InChI is InChI=1S/C18H27NO3.C14H11Cl2NO2.Na/c1-14(2)8-6-4-5-7-9-18(21)19-13-15-10-11-16(20)17(12-15)22-3;15-10-5-3-6-11(16)14(10)17-12-7-2-1-4-9(12)8-13(18)19;/h6,8,10-12,14,20H,4-5,7,9,13H2,1-3H3,(H,19,21);1-7,17H,8H2,(H,18,19);/q;;+1/p-1/b8-6+;;. The summed E-state index contributed by atoms with van der Waals surface area (Å²) in [6.45, 7) is 4.76. The van der Waals surface area contributed by atoms with Crippen molar-refractivity contribution in [2.45, 2.75) is 52.5 Å². The number of methoxy groups -OCH3 is 1. The van der Waals surface area contributed by atoms with E-state index in [0.717, 1.165) is 24.8 Å². The van der Waals surface area contributed by atoms with Gasteiger partial charge in [0.25, 0.3) is 0 Å². The molecule has 1 amide bonds. The number of ether oxygens (including phenoxy) is 1. The van der Waals surface area contributed by atoms with Crippen molar-refractivity contribution in [2.24, 2.45) is 5.92 Å². The van der Waals surface area contributed by atoms with Gasteiger partial charge in [-0.05, 0) is 66.6 Å². The number of benzene rings is 3. The van der Waals surface area contributed by atoms with Crippen LogP contribution in [0.3, 0.4) is 0 Å². The van der Waals surface area contributed by atoms with E-state index in [1.54, 1.807) is 60.7 Å². The number of nitrogens with one attached hydrogen (secondary N) is 2. The molecule has 3 aromatic carbocycles. The first kappa shape index (κ1) is 37.3. The molecule has 7 nitrogen and oxygen atoms in total. The molecule has 0 aliphatic carbocycles. The van der Waals surface area contributed by atoms with Gasteiger partial charge in [0.2, 0.25) is 5.91 Å². The molecule has 3 aromatic rings. The molecule has 42 heavy (non-hydrogen) atoms. The maximum absolute atomic E-state index is 11.8. The van der Waals surface area contributed by atoms with Gasteiger partial charge < -0.3 is 30.4 Å². The van der Waals surface area contributed by atoms with Crippen LogP contribution in [-0.4, -0.2) is 24.1 Å². The Morgan fingerprint density at radius 3 is 2.36 bits per heavy atom. The number of aliphatic carboxylic acids is 1. The van der Waals surface area contributed by atoms with E-state index in [1.165, 1.54) is 7.11 Å². The number of carbonyl (C=O) groups excluding carboxylic acids is 2. The van der Waals surface area contributed by atoms with E-state index in [9.17, 15) is 19.8 Å². The Balaban J connectivity index is 0.000000414. The number of halogens is 2. The van der Waals surface area contributed by atoms with Crippen LogP contribution in [0.15, 0.2) is 72.8 Å². The monoisotopic (exact) mass is 622 g/mol. The topological polar surface area (TPSA) is 111 Å². The molecular formula is C32H37Cl2N2NaO5. The van der Waals surface area contributed by atoms with Crippen LogP contribution in [0.25, 0.3) is 0 Å². The minimum atomic E-state index is -1.14. The van der Waals surface area contributed by atoms with Gasteiger partial charge in [0.1, 0.15) is 0 Å². The normalized spacial score (nSPS) is 10.4. The predicted molar refractivity (Wildman–Crippen MR) is 164 cm³/mol. The number of carbonyl (C=O) groups is 2. The smallest absolute Gasteiger partial charge is 0.550 e. The van der Waals surface area contributed by atoms with Crippen molar-refractivity contribution >= 4 is 46.5 Å². The Morgan fingerprint density at radius 1 is 1.02 bits per heavy atom. The first-order valence-electron chi connectivity index (χ1n) is 13.4. The van der Waals surface area contributed by atoms with Gasteiger partial charge in [0, 0.05) is 31.0 Å². The van der Waals surface area contributed by atoms with Gasteiger partial charge in [-0.3, -0.25) is 4.79 Å². The molecule has 0 saturated heterocycles. The zero-order valence-corrected chi connectivity index (χ0v) is 28.1. The van der Waals surface area contributed by atoms with Crippen molar-refractivity contribution in [3.8, 4) is 11.5 Å². The third kappa shape index (κ3) is 14.0. The van der Waals surface area contributed by atoms with Crippen LogP contribution in [0.4, 0.5) is 11.4 Å². The summed E-state index contributed by atoms with van der Waals surface area (Å²) >= 11 is 12.1. The molecule has 0 aliphatic rings. The Morgan fingerprint density at radius 2 is 1.71 bits per heavy atom. The van der Waals surface area contributed by atoms with E-state index < -0.39 is 5.97 Å². The molecule has 0 atom stereocenters. The van der Waals surface area contributed by atoms with Crippen molar-refractivity contribution in [3.63, 3.8) is 0 Å². The molecule has 10 heteroatoms. The molecule has 0 heterocycles. The fourth-order valence-corrected chi connectivity index (χ4v) is 4.23. The van der Waals surface area contributed by atoms with Gasteiger partial charge in [-0.1, -0.05) is 79.5 Å². The fourth-order valence-electron chi connectivity index (χ4n) is 3.74. The first-order valence-corrected chi connectivity index (χ1v) is 14.1. The second kappa shape index (κ2) is 20.3. The van der Waals surface area contributed by atoms with E-state index in [2.05, 4.69) is 36.6 Å². The van der Waals surface area contributed by atoms with Gasteiger partial charge in [0.05, 0.1) is 22.8 Å². The molecular weight excluding hydrogens is 586 g/mol. The molecule has 0 spiro atoms. The summed E-state index contributed by atoms with van der Waals surface area (Å²) in [5.74, 6) is 0.0284. The van der Waals surface area contributed by atoms with Gasteiger partial charge in [-0.15, -0.1) is 0 Å². The van der Waals surface area contributed by atoms with Crippen molar-refractivity contribution in [3.05, 3.63) is 94.0 Å². The number of phenolic OH excluding ortho intramolecular Hbond substituents is 1. The molecule has 0 radical (unpaired) electrons. The van der Waals surface area contributed by atoms with Crippen LogP contribution in [-0.2, 0) is 22.6 Å². The number of hydrogen-bond acceptors (Lipinski definition) is 6. The summed E-state index contributed by atoms with van der Waals surface area (Å²) in [4.78, 5) is 22.5. The third-order valence-corrected chi connectivity index (χ3v) is 6.48. The zero-order valence-electron chi connectivity index (χ0n) is 24.6. The van der Waals surface area contributed by atoms with Gasteiger partial charge >= 0.3 is 29.6 Å². The van der Waals surface area contributed by atoms with E-state index >= 15 is 0 Å². The van der Waals surface area contributed by atoms with E-state index in [4.69, 9.17) is 27.9 Å². The SMILES string of the molecule is COc1cc(CNC(=O)CCCC/C=C/C(C)C)ccc1O.O=C([O-])Cc1ccccc1Nc1c(Cl)cccc1Cl.[Na+]. The van der Waals surface area contributed by atoms with Crippen LogP contribution in [0.5, 0.6) is 11.5 Å². The molecule has 0 saturated carbocycles. The number of rotatable bonds is 13. The average Bonchev–Trinajstić information content (AvgIpc) is 2.93. The number of hydrogen-bond donors (Lipinski definition) is 3. The number of unbranched alkanes of at least 4 members (excludes halogenated alkanes) is 2. The number of aromatic hydroxyl groups is 1. The Labute approximate surface area is 280 Å². The third-order valence-electron chi connectivity index (χ3n) is 5.85. The second-order valence-corrected chi connectivity index (χ2v) is 10.4. The Hall–Kier alpha value is -2.68. The fraction of sp³-hybridized carbons (Fsp3) is 0.312. The number of allylic oxidation sites excluding steroid dienone is 2. The Kier molecular flexibility index (Phi) is 18.0. The summed E-state index contributed by atoms with van der Waals surface area (Å²) in [6, 6.07) is 17.3. The van der Waals surface area contributed by atoms with Crippen molar-refractivity contribution in [1.29, 1.82) is 0 Å². The molecule has 3 N–H and O–H groups in total. The number of phenols is 1. The molecule has 0 fully saturated rings. The van der Waals surface area contributed by atoms with Crippen molar-refractivity contribution in [1.82, 2.24) is 5.32 Å². The van der Waals surface area contributed by atoms with E-state index in [0.29, 0.717) is 51.6 Å². The van der Waals surface area contributed by atoms with Crippen LogP contribution in [0, 0.1) is 5.92 Å². The van der Waals surface area contributed by atoms with Gasteiger partial charge in [-0.25, -0.2) is 0 Å². The largest absolute Gasteiger partial charge is 1.00 e. The molecule has 220 valence electrons. The summed E-state index contributed by atoms with van der Waals surface area (Å²) in [5, 5.41) is 27.1. The van der Waals surface area contributed by atoms with E-state index in [-0.39, 0.29) is 47.6 Å². The minimum Gasteiger partial charge on any atom is -0.550 e. The summed E-state index contributed by atoms with van der Waals surface area (Å²) < 4.78 is 5.04. The van der Waals surface area contributed by atoms with Crippen LogP contribution < -0.4 is 50.0 Å². The molecule has 0 unspecified atom stereocenters. The number of carboxylic acids is 1. The summed E-state index contributed by atoms with van der Waals surface area (Å²) in [7, 11) is 1.51. The molecule has 0 aliphatic heterocycles. The minimum absolute atomic E-state index is 0. The summed E-state index contributed by atoms with van der Waals surface area (Å²) in [6.07, 6.45) is 7.71. The average molecular weight is 624 g/mol.